The fraction of sp³-hybridized carbons (Fsp3) is 0.667. The van der Waals surface area contributed by atoms with E-state index >= 15 is 0 Å². The Morgan fingerprint density at radius 1 is 1.64 bits per heavy atom. The molecule has 1 heterocycles. The Balaban J connectivity index is 2.55. The molecule has 0 aromatic rings. The summed E-state index contributed by atoms with van der Waals surface area (Å²) in [6.07, 6.45) is 5.17. The lowest BCUT2D eigenvalue weighted by molar-refractivity contribution is -0.123. The Kier molecular flexibility index (Phi) is 2.69. The van der Waals surface area contributed by atoms with Gasteiger partial charge in [0, 0.05) is 6.08 Å². The SMILES string of the molecule is CCCC1OC=CC(=O)C1C. The van der Waals surface area contributed by atoms with Gasteiger partial charge >= 0.3 is 0 Å². The maximum atomic E-state index is 11.1. The lowest BCUT2D eigenvalue weighted by atomic mass is 9.95. The molecule has 1 aliphatic rings. The van der Waals surface area contributed by atoms with Gasteiger partial charge in [-0.15, -0.1) is 0 Å². The molecule has 0 aliphatic carbocycles. The average Bonchev–Trinajstić information content (AvgIpc) is 1.99. The molecule has 0 bridgehead atoms. The van der Waals surface area contributed by atoms with Gasteiger partial charge in [-0.25, -0.2) is 0 Å². The molecule has 2 atom stereocenters. The van der Waals surface area contributed by atoms with Gasteiger partial charge in [-0.1, -0.05) is 20.3 Å². The molecule has 1 aliphatic heterocycles. The third-order valence-electron chi connectivity index (χ3n) is 2.07. The summed E-state index contributed by atoms with van der Waals surface area (Å²) in [5.41, 5.74) is 0. The van der Waals surface area contributed by atoms with Crippen LogP contribution in [0.15, 0.2) is 12.3 Å². The van der Waals surface area contributed by atoms with Crippen molar-refractivity contribution in [2.24, 2.45) is 5.92 Å². The van der Waals surface area contributed by atoms with Crippen molar-refractivity contribution in [2.45, 2.75) is 32.8 Å². The van der Waals surface area contributed by atoms with E-state index in [2.05, 4.69) is 6.92 Å². The Morgan fingerprint density at radius 2 is 2.36 bits per heavy atom. The van der Waals surface area contributed by atoms with Crippen LogP contribution in [0.4, 0.5) is 0 Å². The first-order valence-electron chi connectivity index (χ1n) is 4.11. The van der Waals surface area contributed by atoms with Crippen molar-refractivity contribution in [3.8, 4) is 0 Å². The van der Waals surface area contributed by atoms with Crippen molar-refractivity contribution < 1.29 is 9.53 Å². The maximum absolute atomic E-state index is 11.1. The van der Waals surface area contributed by atoms with E-state index in [9.17, 15) is 4.79 Å². The van der Waals surface area contributed by atoms with Gasteiger partial charge in [-0.3, -0.25) is 4.79 Å². The van der Waals surface area contributed by atoms with Crippen molar-refractivity contribution in [3.63, 3.8) is 0 Å². The van der Waals surface area contributed by atoms with Crippen molar-refractivity contribution in [1.29, 1.82) is 0 Å². The molecule has 11 heavy (non-hydrogen) atoms. The highest BCUT2D eigenvalue weighted by Gasteiger charge is 2.25. The van der Waals surface area contributed by atoms with E-state index in [0.717, 1.165) is 12.8 Å². The van der Waals surface area contributed by atoms with Gasteiger partial charge < -0.3 is 4.74 Å². The molecule has 1 rings (SSSR count). The zero-order valence-electron chi connectivity index (χ0n) is 7.04. The van der Waals surface area contributed by atoms with Gasteiger partial charge in [0.25, 0.3) is 0 Å². The van der Waals surface area contributed by atoms with Gasteiger partial charge in [0.1, 0.15) is 6.10 Å². The van der Waals surface area contributed by atoms with Crippen LogP contribution < -0.4 is 0 Å². The summed E-state index contributed by atoms with van der Waals surface area (Å²) >= 11 is 0. The number of rotatable bonds is 2. The summed E-state index contributed by atoms with van der Waals surface area (Å²) in [6.45, 7) is 4.02. The summed E-state index contributed by atoms with van der Waals surface area (Å²) in [7, 11) is 0. The van der Waals surface area contributed by atoms with E-state index < -0.39 is 0 Å². The molecular formula is C9H14O2. The van der Waals surface area contributed by atoms with Gasteiger partial charge in [-0.05, 0) is 6.42 Å². The second-order valence-electron chi connectivity index (χ2n) is 2.96. The Morgan fingerprint density at radius 3 is 3.00 bits per heavy atom. The third-order valence-corrected chi connectivity index (χ3v) is 2.07. The fourth-order valence-electron chi connectivity index (χ4n) is 1.26. The molecule has 2 heteroatoms. The second kappa shape index (κ2) is 3.56. The van der Waals surface area contributed by atoms with Crippen molar-refractivity contribution in [2.75, 3.05) is 0 Å². The Bertz CT molecular complexity index is 172. The number of ether oxygens (including phenoxy) is 1. The van der Waals surface area contributed by atoms with E-state index in [-0.39, 0.29) is 17.8 Å². The molecule has 2 unspecified atom stereocenters. The van der Waals surface area contributed by atoms with Crippen LogP contribution in [0.25, 0.3) is 0 Å². The normalized spacial score (nSPS) is 30.2. The Hall–Kier alpha value is -0.790. The number of carbonyl (C=O) groups excluding carboxylic acids is 1. The van der Waals surface area contributed by atoms with E-state index in [4.69, 9.17) is 4.74 Å². The smallest absolute Gasteiger partial charge is 0.165 e. The monoisotopic (exact) mass is 154 g/mol. The van der Waals surface area contributed by atoms with Crippen LogP contribution in [0.5, 0.6) is 0 Å². The standard InChI is InChI=1S/C9H14O2/c1-3-4-9-7(2)8(10)5-6-11-9/h5-7,9H,3-4H2,1-2H3. The van der Waals surface area contributed by atoms with Crippen LogP contribution in [-0.4, -0.2) is 11.9 Å². The molecule has 2 nitrogen and oxygen atoms in total. The van der Waals surface area contributed by atoms with Crippen molar-refractivity contribution in [1.82, 2.24) is 0 Å². The maximum Gasteiger partial charge on any atom is 0.165 e. The van der Waals surface area contributed by atoms with Crippen LogP contribution in [0, 0.1) is 5.92 Å². The molecule has 0 aromatic heterocycles. The van der Waals surface area contributed by atoms with Crippen LogP contribution >= 0.6 is 0 Å². The average molecular weight is 154 g/mol. The molecule has 0 aromatic carbocycles. The van der Waals surface area contributed by atoms with E-state index in [1.54, 1.807) is 0 Å². The lowest BCUT2D eigenvalue weighted by Gasteiger charge is -2.24. The predicted molar refractivity (Wildman–Crippen MR) is 43.1 cm³/mol. The molecule has 0 saturated carbocycles. The van der Waals surface area contributed by atoms with E-state index in [1.165, 1.54) is 12.3 Å². The van der Waals surface area contributed by atoms with Crippen LogP contribution in [0.1, 0.15) is 26.7 Å². The molecule has 0 saturated heterocycles. The molecule has 62 valence electrons. The zero-order valence-corrected chi connectivity index (χ0v) is 7.04. The summed E-state index contributed by atoms with van der Waals surface area (Å²) in [5, 5.41) is 0. The number of carbonyl (C=O) groups is 1. The van der Waals surface area contributed by atoms with E-state index in [1.807, 2.05) is 6.92 Å². The number of hydrogen-bond acceptors (Lipinski definition) is 2. The largest absolute Gasteiger partial charge is 0.497 e. The minimum absolute atomic E-state index is 0.0416. The summed E-state index contributed by atoms with van der Waals surface area (Å²) in [5.74, 6) is 0.231. The minimum atomic E-state index is 0.0416. The first-order chi connectivity index (χ1) is 5.25. The molecule has 0 radical (unpaired) electrons. The summed E-state index contributed by atoms with van der Waals surface area (Å²) in [4.78, 5) is 11.1. The number of allylic oxidation sites excluding steroid dienone is 1. The predicted octanol–water partition coefficient (Wildman–Crippen LogP) is 1.90. The second-order valence-corrected chi connectivity index (χ2v) is 2.96. The zero-order chi connectivity index (χ0) is 8.27. The molecule has 0 fully saturated rings. The molecule has 0 N–H and O–H groups in total. The van der Waals surface area contributed by atoms with Gasteiger partial charge in [-0.2, -0.15) is 0 Å². The lowest BCUT2D eigenvalue weighted by Crippen LogP contribution is -2.29. The highest BCUT2D eigenvalue weighted by Crippen LogP contribution is 2.18. The van der Waals surface area contributed by atoms with Crippen molar-refractivity contribution >= 4 is 5.78 Å². The highest BCUT2D eigenvalue weighted by atomic mass is 16.5. The molecule has 0 amide bonds. The fourth-order valence-corrected chi connectivity index (χ4v) is 1.26. The number of hydrogen-bond donors (Lipinski definition) is 0. The quantitative estimate of drug-likeness (QED) is 0.607. The van der Waals surface area contributed by atoms with E-state index in [0.29, 0.717) is 0 Å². The Labute approximate surface area is 67.2 Å². The minimum Gasteiger partial charge on any atom is -0.497 e. The van der Waals surface area contributed by atoms with Crippen LogP contribution in [0.3, 0.4) is 0 Å². The molecule has 0 spiro atoms. The van der Waals surface area contributed by atoms with Crippen molar-refractivity contribution in [3.05, 3.63) is 12.3 Å². The topological polar surface area (TPSA) is 26.3 Å². The van der Waals surface area contributed by atoms with Crippen LogP contribution in [-0.2, 0) is 9.53 Å². The highest BCUT2D eigenvalue weighted by molar-refractivity contribution is 5.92. The van der Waals surface area contributed by atoms with Crippen LogP contribution in [0.2, 0.25) is 0 Å². The molecular weight excluding hydrogens is 140 g/mol. The number of ketones is 1. The first-order valence-corrected chi connectivity index (χ1v) is 4.11. The summed E-state index contributed by atoms with van der Waals surface area (Å²) < 4.78 is 5.30. The first kappa shape index (κ1) is 8.31. The van der Waals surface area contributed by atoms with Gasteiger partial charge in [0.15, 0.2) is 5.78 Å². The summed E-state index contributed by atoms with van der Waals surface area (Å²) in [6, 6.07) is 0. The van der Waals surface area contributed by atoms with Gasteiger partial charge in [0.05, 0.1) is 12.2 Å². The van der Waals surface area contributed by atoms with Gasteiger partial charge in [0.2, 0.25) is 0 Å². The third kappa shape index (κ3) is 1.82.